The van der Waals surface area contributed by atoms with Gasteiger partial charge in [-0.2, -0.15) is 5.01 Å². The fraction of sp³-hybridized carbons (Fsp3) is 0.421. The van der Waals surface area contributed by atoms with Crippen LogP contribution in [-0.4, -0.2) is 27.5 Å². The van der Waals surface area contributed by atoms with Crippen molar-refractivity contribution in [2.24, 2.45) is 10.8 Å². The summed E-state index contributed by atoms with van der Waals surface area (Å²) in [6.07, 6.45) is 0.709. The number of benzene rings is 1. The van der Waals surface area contributed by atoms with Crippen molar-refractivity contribution in [3.63, 3.8) is 0 Å². The SMILES string of the molecule is CCCC(=NCc1cc2ccccc2nc1Cl)N(N)C(=O)OC(C)(C)C. The molecule has 2 N–H and O–H groups in total. The fourth-order valence-electron chi connectivity index (χ4n) is 2.34. The molecule has 26 heavy (non-hydrogen) atoms. The van der Waals surface area contributed by atoms with Gasteiger partial charge in [0.05, 0.1) is 12.1 Å². The zero-order chi connectivity index (χ0) is 19.3. The van der Waals surface area contributed by atoms with Crippen LogP contribution in [0.15, 0.2) is 35.3 Å². The fourth-order valence-corrected chi connectivity index (χ4v) is 2.54. The van der Waals surface area contributed by atoms with E-state index in [9.17, 15) is 4.79 Å². The van der Waals surface area contributed by atoms with Crippen molar-refractivity contribution in [2.75, 3.05) is 0 Å². The van der Waals surface area contributed by atoms with E-state index in [1.165, 1.54) is 0 Å². The summed E-state index contributed by atoms with van der Waals surface area (Å²) in [6.45, 7) is 7.63. The van der Waals surface area contributed by atoms with Crippen LogP contribution in [0.3, 0.4) is 0 Å². The molecule has 2 rings (SSSR count). The summed E-state index contributed by atoms with van der Waals surface area (Å²) in [7, 11) is 0. The molecule has 2 aromatic rings. The Morgan fingerprint density at radius 2 is 2.04 bits per heavy atom. The molecular formula is C19H25ClN4O2. The first-order valence-electron chi connectivity index (χ1n) is 8.56. The number of carbonyl (C=O) groups is 1. The molecule has 0 spiro atoms. The summed E-state index contributed by atoms with van der Waals surface area (Å²) in [5.74, 6) is 6.38. The predicted molar refractivity (Wildman–Crippen MR) is 105 cm³/mol. The highest BCUT2D eigenvalue weighted by Crippen LogP contribution is 2.21. The number of hydrazine groups is 1. The first-order chi connectivity index (χ1) is 12.2. The lowest BCUT2D eigenvalue weighted by Crippen LogP contribution is -2.45. The number of rotatable bonds is 4. The summed E-state index contributed by atoms with van der Waals surface area (Å²) in [5.41, 5.74) is 0.974. The third kappa shape index (κ3) is 5.41. The zero-order valence-electron chi connectivity index (χ0n) is 15.6. The molecule has 0 aliphatic heterocycles. The Morgan fingerprint density at radius 3 is 2.69 bits per heavy atom. The molecule has 0 fully saturated rings. The van der Waals surface area contributed by atoms with Crippen LogP contribution in [0, 0.1) is 0 Å². The quantitative estimate of drug-likeness (QED) is 0.209. The molecule has 1 heterocycles. The Morgan fingerprint density at radius 1 is 1.35 bits per heavy atom. The number of aromatic nitrogens is 1. The van der Waals surface area contributed by atoms with Crippen molar-refractivity contribution >= 4 is 34.4 Å². The van der Waals surface area contributed by atoms with Crippen LogP contribution >= 0.6 is 11.6 Å². The number of nitrogens with zero attached hydrogens (tertiary/aromatic N) is 3. The minimum Gasteiger partial charge on any atom is -0.442 e. The maximum atomic E-state index is 12.2. The van der Waals surface area contributed by atoms with Crippen molar-refractivity contribution in [1.82, 2.24) is 9.99 Å². The number of amidine groups is 1. The highest BCUT2D eigenvalue weighted by atomic mass is 35.5. The largest absolute Gasteiger partial charge is 0.442 e. The highest BCUT2D eigenvalue weighted by molar-refractivity contribution is 6.30. The zero-order valence-corrected chi connectivity index (χ0v) is 16.4. The van der Waals surface area contributed by atoms with Crippen LogP contribution < -0.4 is 5.84 Å². The summed E-state index contributed by atoms with van der Waals surface area (Å²) >= 11 is 6.28. The van der Waals surface area contributed by atoms with E-state index < -0.39 is 11.7 Å². The molecule has 140 valence electrons. The van der Waals surface area contributed by atoms with Gasteiger partial charge in [0.2, 0.25) is 0 Å². The molecule has 1 amide bonds. The van der Waals surface area contributed by atoms with Gasteiger partial charge in [-0.1, -0.05) is 36.7 Å². The average molecular weight is 377 g/mol. The molecule has 0 unspecified atom stereocenters. The van der Waals surface area contributed by atoms with E-state index in [1.54, 1.807) is 20.8 Å². The van der Waals surface area contributed by atoms with Gasteiger partial charge in [0.15, 0.2) is 0 Å². The van der Waals surface area contributed by atoms with Gasteiger partial charge in [-0.05, 0) is 39.3 Å². The number of halogens is 1. The van der Waals surface area contributed by atoms with Gasteiger partial charge in [-0.15, -0.1) is 0 Å². The monoisotopic (exact) mass is 376 g/mol. The van der Waals surface area contributed by atoms with Crippen LogP contribution in [0.25, 0.3) is 10.9 Å². The summed E-state index contributed by atoms with van der Waals surface area (Å²) in [6, 6.07) is 9.68. The smallest absolute Gasteiger partial charge is 0.430 e. The number of nitrogens with two attached hydrogens (primary N) is 1. The van der Waals surface area contributed by atoms with Crippen molar-refractivity contribution in [2.45, 2.75) is 52.7 Å². The van der Waals surface area contributed by atoms with Crippen molar-refractivity contribution in [3.8, 4) is 0 Å². The van der Waals surface area contributed by atoms with Gasteiger partial charge in [-0.25, -0.2) is 15.6 Å². The van der Waals surface area contributed by atoms with E-state index in [4.69, 9.17) is 22.2 Å². The number of hydrogen-bond donors (Lipinski definition) is 1. The number of carbonyl (C=O) groups excluding carboxylic acids is 1. The maximum Gasteiger partial charge on any atom is 0.430 e. The number of para-hydroxylation sites is 1. The summed E-state index contributed by atoms with van der Waals surface area (Å²) < 4.78 is 5.30. The molecule has 0 atom stereocenters. The summed E-state index contributed by atoms with van der Waals surface area (Å²) in [5, 5.41) is 2.34. The van der Waals surface area contributed by atoms with Gasteiger partial charge in [-0.3, -0.25) is 4.99 Å². The third-order valence-corrected chi connectivity index (χ3v) is 3.85. The second-order valence-corrected chi connectivity index (χ2v) is 7.32. The topological polar surface area (TPSA) is 80.8 Å². The number of amides is 1. The third-order valence-electron chi connectivity index (χ3n) is 3.52. The Hall–Kier alpha value is -2.18. The number of ether oxygens (including phenoxy) is 1. The minimum atomic E-state index is -0.632. The normalized spacial score (nSPS) is 12.3. The van der Waals surface area contributed by atoms with E-state index in [-0.39, 0.29) is 6.54 Å². The predicted octanol–water partition coefficient (Wildman–Crippen LogP) is 4.70. The number of aliphatic imine (C=N–C) groups is 1. The highest BCUT2D eigenvalue weighted by Gasteiger charge is 2.23. The van der Waals surface area contributed by atoms with Gasteiger partial charge in [0.25, 0.3) is 0 Å². The van der Waals surface area contributed by atoms with Crippen LogP contribution in [0.2, 0.25) is 5.15 Å². The molecule has 0 saturated carbocycles. The van der Waals surface area contributed by atoms with Gasteiger partial charge >= 0.3 is 6.09 Å². The van der Waals surface area contributed by atoms with Gasteiger partial charge in [0.1, 0.15) is 16.6 Å². The number of pyridine rings is 1. The Labute approximate surface area is 159 Å². The Bertz CT molecular complexity index is 815. The van der Waals surface area contributed by atoms with Crippen LogP contribution in [0.5, 0.6) is 0 Å². The Balaban J connectivity index is 2.23. The Kier molecular flexibility index (Phi) is 6.56. The van der Waals surface area contributed by atoms with Gasteiger partial charge in [0, 0.05) is 17.4 Å². The van der Waals surface area contributed by atoms with E-state index in [1.807, 2.05) is 37.3 Å². The lowest BCUT2D eigenvalue weighted by Gasteiger charge is -2.25. The molecule has 7 heteroatoms. The van der Waals surface area contributed by atoms with E-state index in [0.29, 0.717) is 17.4 Å². The molecule has 0 aliphatic carbocycles. The van der Waals surface area contributed by atoms with Crippen molar-refractivity contribution in [3.05, 3.63) is 41.0 Å². The summed E-state index contributed by atoms with van der Waals surface area (Å²) in [4.78, 5) is 21.1. The van der Waals surface area contributed by atoms with E-state index in [2.05, 4.69) is 9.98 Å². The second kappa shape index (κ2) is 8.47. The molecule has 6 nitrogen and oxygen atoms in total. The van der Waals surface area contributed by atoms with Crippen LogP contribution in [-0.2, 0) is 11.3 Å². The number of fused-ring (bicyclic) bond motifs is 1. The number of hydrogen-bond acceptors (Lipinski definition) is 5. The first kappa shape index (κ1) is 20.1. The van der Waals surface area contributed by atoms with Crippen LogP contribution in [0.1, 0.15) is 46.1 Å². The first-order valence-corrected chi connectivity index (χ1v) is 8.94. The molecule has 0 saturated heterocycles. The molecule has 0 aliphatic rings. The standard InChI is InChI=1S/C19H25ClN4O2/c1-5-8-16(24(21)18(25)26-19(2,3)4)22-12-14-11-13-9-6-7-10-15(13)23-17(14)20/h6-7,9-11H,5,8,12,21H2,1-4H3. The minimum absolute atomic E-state index is 0.280. The van der Waals surface area contributed by atoms with Gasteiger partial charge < -0.3 is 4.74 Å². The molecule has 1 aromatic heterocycles. The lowest BCUT2D eigenvalue weighted by atomic mass is 10.1. The average Bonchev–Trinajstić information content (AvgIpc) is 2.56. The van der Waals surface area contributed by atoms with Crippen molar-refractivity contribution < 1.29 is 9.53 Å². The lowest BCUT2D eigenvalue weighted by molar-refractivity contribution is 0.0365. The maximum absolute atomic E-state index is 12.2. The second-order valence-electron chi connectivity index (χ2n) is 6.96. The molecule has 0 radical (unpaired) electrons. The van der Waals surface area contributed by atoms with E-state index >= 15 is 0 Å². The van der Waals surface area contributed by atoms with E-state index in [0.717, 1.165) is 27.9 Å². The van der Waals surface area contributed by atoms with Crippen LogP contribution in [0.4, 0.5) is 4.79 Å². The van der Waals surface area contributed by atoms with Crippen molar-refractivity contribution in [1.29, 1.82) is 0 Å². The molecular weight excluding hydrogens is 352 g/mol. The molecule has 0 bridgehead atoms. The molecule has 1 aromatic carbocycles.